The summed E-state index contributed by atoms with van der Waals surface area (Å²) in [6.45, 7) is 0.681. The lowest BCUT2D eigenvalue weighted by Crippen LogP contribution is -2.04. The van der Waals surface area contributed by atoms with Crippen LogP contribution in [0.3, 0.4) is 0 Å². The Balaban J connectivity index is 2.40. The largest absolute Gasteiger partial charge is 0.497 e. The number of ether oxygens (including phenoxy) is 2. The molecule has 0 fully saturated rings. The molecule has 0 radical (unpaired) electrons. The minimum Gasteiger partial charge on any atom is -0.497 e. The molecule has 4 heteroatoms. The Hall–Kier alpha value is -1.00. The molecule has 0 heterocycles. The summed E-state index contributed by atoms with van der Waals surface area (Å²) in [5, 5.41) is 0. The van der Waals surface area contributed by atoms with E-state index in [2.05, 4.69) is 0 Å². The van der Waals surface area contributed by atoms with E-state index >= 15 is 0 Å². The number of carbonyl (C=O) groups is 1. The fourth-order valence-corrected chi connectivity index (χ4v) is 1.95. The van der Waals surface area contributed by atoms with Crippen LogP contribution in [-0.2, 0) is 4.74 Å². The maximum atomic E-state index is 11.7. The summed E-state index contributed by atoms with van der Waals surface area (Å²) in [5.74, 6) is 2.25. The number of Topliss-reactive ketones (excluding diaryl/α,β-unsaturated/α-hetero) is 1. The quantitative estimate of drug-likeness (QED) is 0.541. The molecule has 0 unspecified atom stereocenters. The molecule has 1 aromatic rings. The van der Waals surface area contributed by atoms with Crippen molar-refractivity contribution in [1.82, 2.24) is 0 Å². The molecule has 3 nitrogen and oxygen atoms in total. The molecule has 0 aliphatic carbocycles. The Morgan fingerprint density at radius 1 is 1.25 bits per heavy atom. The molecular formula is C12H16O3S. The Labute approximate surface area is 100 Å². The first kappa shape index (κ1) is 13.1. The average Bonchev–Trinajstić information content (AvgIpc) is 2.34. The summed E-state index contributed by atoms with van der Waals surface area (Å²) < 4.78 is 9.94. The van der Waals surface area contributed by atoms with Crippen molar-refractivity contribution in [3.05, 3.63) is 29.8 Å². The Kier molecular flexibility index (Phi) is 5.96. The molecular weight excluding hydrogens is 224 g/mol. The maximum Gasteiger partial charge on any atom is 0.172 e. The molecule has 0 spiro atoms. The standard InChI is InChI=1S/C12H16O3S/c1-14-7-8-16-9-12(13)10-3-5-11(15-2)6-4-10/h3-6H,7-9H2,1-2H3. The first-order valence-electron chi connectivity index (χ1n) is 5.02. The van der Waals surface area contributed by atoms with Crippen LogP contribution >= 0.6 is 11.8 Å². The van der Waals surface area contributed by atoms with Gasteiger partial charge >= 0.3 is 0 Å². The van der Waals surface area contributed by atoms with Gasteiger partial charge in [0, 0.05) is 18.4 Å². The van der Waals surface area contributed by atoms with Gasteiger partial charge in [-0.25, -0.2) is 0 Å². The van der Waals surface area contributed by atoms with Gasteiger partial charge in [0.2, 0.25) is 0 Å². The fourth-order valence-electron chi connectivity index (χ4n) is 1.17. The molecule has 0 aliphatic heterocycles. The van der Waals surface area contributed by atoms with Crippen LogP contribution in [0.25, 0.3) is 0 Å². The van der Waals surface area contributed by atoms with Crippen LogP contribution in [-0.4, -0.2) is 38.1 Å². The van der Waals surface area contributed by atoms with E-state index in [1.54, 1.807) is 50.2 Å². The smallest absolute Gasteiger partial charge is 0.172 e. The first-order chi connectivity index (χ1) is 7.77. The normalized spacial score (nSPS) is 10.1. The lowest BCUT2D eigenvalue weighted by molar-refractivity contribution is 0.102. The number of carbonyl (C=O) groups excluding carboxylic acids is 1. The van der Waals surface area contributed by atoms with E-state index in [1.165, 1.54) is 0 Å². The lowest BCUT2D eigenvalue weighted by Gasteiger charge is -2.03. The molecule has 0 saturated carbocycles. The van der Waals surface area contributed by atoms with Gasteiger partial charge in [-0.2, -0.15) is 11.8 Å². The van der Waals surface area contributed by atoms with E-state index in [0.29, 0.717) is 12.4 Å². The molecule has 0 saturated heterocycles. The highest BCUT2D eigenvalue weighted by molar-refractivity contribution is 8.00. The first-order valence-corrected chi connectivity index (χ1v) is 6.17. The van der Waals surface area contributed by atoms with E-state index < -0.39 is 0 Å². The fraction of sp³-hybridized carbons (Fsp3) is 0.417. The lowest BCUT2D eigenvalue weighted by atomic mass is 10.1. The van der Waals surface area contributed by atoms with E-state index in [4.69, 9.17) is 9.47 Å². The Morgan fingerprint density at radius 3 is 2.50 bits per heavy atom. The second kappa shape index (κ2) is 7.30. The third-order valence-electron chi connectivity index (χ3n) is 2.08. The minimum atomic E-state index is 0.142. The van der Waals surface area contributed by atoms with Gasteiger partial charge < -0.3 is 9.47 Å². The van der Waals surface area contributed by atoms with E-state index in [1.807, 2.05) is 0 Å². The van der Waals surface area contributed by atoms with Gasteiger partial charge in [-0.3, -0.25) is 4.79 Å². The minimum absolute atomic E-state index is 0.142. The topological polar surface area (TPSA) is 35.5 Å². The number of methoxy groups -OCH3 is 2. The molecule has 1 aromatic carbocycles. The zero-order valence-corrected chi connectivity index (χ0v) is 10.4. The number of benzene rings is 1. The SMILES string of the molecule is COCCSCC(=O)c1ccc(OC)cc1. The predicted octanol–water partition coefficient (Wildman–Crippen LogP) is 2.26. The van der Waals surface area contributed by atoms with Crippen LogP contribution in [0.1, 0.15) is 10.4 Å². The highest BCUT2D eigenvalue weighted by Gasteiger charge is 2.05. The van der Waals surface area contributed by atoms with Crippen molar-refractivity contribution < 1.29 is 14.3 Å². The molecule has 0 amide bonds. The molecule has 0 aromatic heterocycles. The van der Waals surface area contributed by atoms with Gasteiger partial charge in [-0.05, 0) is 24.3 Å². The van der Waals surface area contributed by atoms with Crippen LogP contribution in [0, 0.1) is 0 Å². The Bertz CT molecular complexity index is 322. The van der Waals surface area contributed by atoms with Crippen molar-refractivity contribution in [1.29, 1.82) is 0 Å². The van der Waals surface area contributed by atoms with Crippen molar-refractivity contribution in [2.24, 2.45) is 0 Å². The van der Waals surface area contributed by atoms with Crippen molar-refractivity contribution in [2.45, 2.75) is 0 Å². The Morgan fingerprint density at radius 2 is 1.94 bits per heavy atom. The van der Waals surface area contributed by atoms with Crippen molar-refractivity contribution in [3.8, 4) is 5.75 Å². The van der Waals surface area contributed by atoms with Crippen LogP contribution in [0.2, 0.25) is 0 Å². The number of ketones is 1. The highest BCUT2D eigenvalue weighted by Crippen LogP contribution is 2.13. The summed E-state index contributed by atoms with van der Waals surface area (Å²) >= 11 is 1.58. The summed E-state index contributed by atoms with van der Waals surface area (Å²) in [5.41, 5.74) is 0.728. The second-order valence-electron chi connectivity index (χ2n) is 3.20. The zero-order valence-electron chi connectivity index (χ0n) is 9.56. The van der Waals surface area contributed by atoms with Crippen LogP contribution in [0.15, 0.2) is 24.3 Å². The van der Waals surface area contributed by atoms with Crippen LogP contribution < -0.4 is 4.74 Å². The summed E-state index contributed by atoms with van der Waals surface area (Å²) in [7, 11) is 3.27. The van der Waals surface area contributed by atoms with E-state index in [9.17, 15) is 4.79 Å². The van der Waals surface area contributed by atoms with Crippen molar-refractivity contribution in [3.63, 3.8) is 0 Å². The second-order valence-corrected chi connectivity index (χ2v) is 4.30. The van der Waals surface area contributed by atoms with Crippen molar-refractivity contribution in [2.75, 3.05) is 32.3 Å². The third kappa shape index (κ3) is 4.24. The summed E-state index contributed by atoms with van der Waals surface area (Å²) in [4.78, 5) is 11.7. The molecule has 1 rings (SSSR count). The van der Waals surface area contributed by atoms with Gasteiger partial charge in [0.15, 0.2) is 5.78 Å². The van der Waals surface area contributed by atoms with Crippen LogP contribution in [0.4, 0.5) is 0 Å². The van der Waals surface area contributed by atoms with Gasteiger partial charge in [0.25, 0.3) is 0 Å². The molecule has 0 aliphatic rings. The molecule has 0 N–H and O–H groups in total. The monoisotopic (exact) mass is 240 g/mol. The van der Waals surface area contributed by atoms with E-state index in [0.717, 1.165) is 17.1 Å². The van der Waals surface area contributed by atoms with Crippen molar-refractivity contribution >= 4 is 17.5 Å². The molecule has 88 valence electrons. The number of rotatable bonds is 7. The predicted molar refractivity (Wildman–Crippen MR) is 66.5 cm³/mol. The number of hydrogen-bond donors (Lipinski definition) is 0. The zero-order chi connectivity index (χ0) is 11.8. The maximum absolute atomic E-state index is 11.7. The summed E-state index contributed by atoms with van der Waals surface area (Å²) in [6, 6.07) is 7.18. The highest BCUT2D eigenvalue weighted by atomic mass is 32.2. The number of thioether (sulfide) groups is 1. The van der Waals surface area contributed by atoms with E-state index in [-0.39, 0.29) is 5.78 Å². The van der Waals surface area contributed by atoms with Gasteiger partial charge in [-0.1, -0.05) is 0 Å². The van der Waals surface area contributed by atoms with Crippen LogP contribution in [0.5, 0.6) is 5.75 Å². The summed E-state index contributed by atoms with van der Waals surface area (Å²) in [6.07, 6.45) is 0. The van der Waals surface area contributed by atoms with Gasteiger partial charge in [-0.15, -0.1) is 0 Å². The number of hydrogen-bond acceptors (Lipinski definition) is 4. The van der Waals surface area contributed by atoms with Gasteiger partial charge in [0.05, 0.1) is 19.5 Å². The molecule has 0 atom stereocenters. The van der Waals surface area contributed by atoms with Gasteiger partial charge in [0.1, 0.15) is 5.75 Å². The molecule has 0 bridgehead atoms. The molecule has 16 heavy (non-hydrogen) atoms. The average molecular weight is 240 g/mol. The third-order valence-corrected chi connectivity index (χ3v) is 3.00.